The molecule has 2 atom stereocenters. The van der Waals surface area contributed by atoms with E-state index in [0.717, 1.165) is 32.1 Å². The van der Waals surface area contributed by atoms with E-state index in [4.69, 9.17) is 4.74 Å². The first-order valence-corrected chi connectivity index (χ1v) is 10.4. The van der Waals surface area contributed by atoms with Crippen LogP contribution in [0.2, 0.25) is 0 Å². The molecule has 0 aromatic rings. The number of amides is 3. The molecule has 0 aliphatic carbocycles. The number of hydrogen-bond donors (Lipinski definition) is 0. The highest BCUT2D eigenvalue weighted by Crippen LogP contribution is 2.30. The van der Waals surface area contributed by atoms with Crippen molar-refractivity contribution in [1.29, 1.82) is 0 Å². The zero-order valence-corrected chi connectivity index (χ0v) is 16.9. The molecule has 7 heteroatoms. The number of ether oxygens (including phenoxy) is 1. The van der Waals surface area contributed by atoms with Gasteiger partial charge in [0.25, 0.3) is 0 Å². The third-order valence-electron chi connectivity index (χ3n) is 6.71. The van der Waals surface area contributed by atoms with Gasteiger partial charge in [0.1, 0.15) is 6.61 Å². The fourth-order valence-corrected chi connectivity index (χ4v) is 4.64. The van der Waals surface area contributed by atoms with E-state index in [1.807, 2.05) is 14.7 Å². The summed E-state index contributed by atoms with van der Waals surface area (Å²) in [6.45, 7) is 9.15. The van der Waals surface area contributed by atoms with Gasteiger partial charge in [-0.15, -0.1) is 0 Å². The van der Waals surface area contributed by atoms with Crippen LogP contribution >= 0.6 is 0 Å². The van der Waals surface area contributed by atoms with Gasteiger partial charge in [0, 0.05) is 45.1 Å². The molecule has 3 amide bonds. The molecule has 152 valence electrons. The monoisotopic (exact) mass is 379 g/mol. The standard InChI is InChI=1S/C20H33N3O4/c1-4-14(2)18-13-27-20(26)23(18)17-7-11-22(12-8-17)19(25)16-5-9-21(10-6-16)15(3)24/h14,16-18H,4-13H2,1-3H3/t14-,18-/m0/s1. The Bertz CT molecular complexity index is 566. The van der Waals surface area contributed by atoms with Crippen LogP contribution < -0.4 is 0 Å². The number of carbonyl (C=O) groups excluding carboxylic acids is 3. The summed E-state index contributed by atoms with van der Waals surface area (Å²) >= 11 is 0. The first-order chi connectivity index (χ1) is 12.9. The maximum Gasteiger partial charge on any atom is 0.410 e. The molecular formula is C20H33N3O4. The summed E-state index contributed by atoms with van der Waals surface area (Å²) in [6, 6.07) is 0.327. The zero-order chi connectivity index (χ0) is 19.6. The smallest absolute Gasteiger partial charge is 0.410 e. The number of cyclic esters (lactones) is 1. The van der Waals surface area contributed by atoms with Crippen LogP contribution in [0.4, 0.5) is 4.79 Å². The molecule has 0 aromatic carbocycles. The Hall–Kier alpha value is -1.79. The number of hydrogen-bond acceptors (Lipinski definition) is 4. The minimum Gasteiger partial charge on any atom is -0.447 e. The van der Waals surface area contributed by atoms with Crippen LogP contribution in [0.15, 0.2) is 0 Å². The summed E-state index contributed by atoms with van der Waals surface area (Å²) < 4.78 is 5.33. The number of rotatable bonds is 4. The number of carbonyl (C=O) groups is 3. The first-order valence-electron chi connectivity index (χ1n) is 10.4. The van der Waals surface area contributed by atoms with Gasteiger partial charge in [0.2, 0.25) is 11.8 Å². The second-order valence-corrected chi connectivity index (χ2v) is 8.27. The van der Waals surface area contributed by atoms with Gasteiger partial charge in [0.05, 0.1) is 6.04 Å². The molecule has 0 bridgehead atoms. The third-order valence-corrected chi connectivity index (χ3v) is 6.71. The van der Waals surface area contributed by atoms with Gasteiger partial charge in [-0.25, -0.2) is 4.79 Å². The van der Waals surface area contributed by atoms with Crippen molar-refractivity contribution in [3.8, 4) is 0 Å². The highest BCUT2D eigenvalue weighted by Gasteiger charge is 2.42. The summed E-state index contributed by atoms with van der Waals surface area (Å²) in [7, 11) is 0. The molecule has 0 unspecified atom stereocenters. The number of piperidine rings is 2. The molecule has 3 saturated heterocycles. The lowest BCUT2D eigenvalue weighted by atomic mass is 9.92. The minimum absolute atomic E-state index is 0.0294. The van der Waals surface area contributed by atoms with Crippen molar-refractivity contribution in [2.24, 2.45) is 11.8 Å². The van der Waals surface area contributed by atoms with Gasteiger partial charge in [-0.1, -0.05) is 20.3 Å². The Balaban J connectivity index is 1.52. The van der Waals surface area contributed by atoms with Crippen molar-refractivity contribution in [2.45, 2.75) is 65.0 Å². The van der Waals surface area contributed by atoms with Crippen LogP contribution in [0.3, 0.4) is 0 Å². The van der Waals surface area contributed by atoms with Crippen LogP contribution in [0.1, 0.15) is 52.9 Å². The van der Waals surface area contributed by atoms with Crippen LogP contribution in [0.25, 0.3) is 0 Å². The highest BCUT2D eigenvalue weighted by molar-refractivity contribution is 5.80. The Morgan fingerprint density at radius 3 is 2.22 bits per heavy atom. The molecule has 3 aliphatic rings. The summed E-state index contributed by atoms with van der Waals surface area (Å²) in [4.78, 5) is 42.3. The van der Waals surface area contributed by atoms with Crippen LogP contribution in [0, 0.1) is 11.8 Å². The fourth-order valence-electron chi connectivity index (χ4n) is 4.64. The molecule has 27 heavy (non-hydrogen) atoms. The van der Waals surface area contributed by atoms with Crippen LogP contribution in [-0.4, -0.2) is 77.5 Å². The average Bonchev–Trinajstić information content (AvgIpc) is 3.08. The van der Waals surface area contributed by atoms with Gasteiger partial charge in [0.15, 0.2) is 0 Å². The van der Waals surface area contributed by atoms with Crippen molar-refractivity contribution >= 4 is 17.9 Å². The summed E-state index contributed by atoms with van der Waals surface area (Å²) in [5.74, 6) is 0.763. The molecule has 0 saturated carbocycles. The van der Waals surface area contributed by atoms with Crippen LogP contribution in [-0.2, 0) is 14.3 Å². The van der Waals surface area contributed by atoms with Crippen molar-refractivity contribution in [2.75, 3.05) is 32.8 Å². The minimum atomic E-state index is -0.193. The van der Waals surface area contributed by atoms with Gasteiger partial charge >= 0.3 is 6.09 Å². The fraction of sp³-hybridized carbons (Fsp3) is 0.850. The second kappa shape index (κ2) is 8.48. The van der Waals surface area contributed by atoms with Crippen molar-refractivity contribution in [1.82, 2.24) is 14.7 Å². The number of nitrogens with zero attached hydrogens (tertiary/aromatic N) is 3. The molecule has 0 N–H and O–H groups in total. The van der Waals surface area contributed by atoms with E-state index in [2.05, 4.69) is 13.8 Å². The second-order valence-electron chi connectivity index (χ2n) is 8.27. The zero-order valence-electron chi connectivity index (χ0n) is 16.9. The molecule has 3 heterocycles. The van der Waals surface area contributed by atoms with E-state index >= 15 is 0 Å². The number of likely N-dealkylation sites (tertiary alicyclic amines) is 2. The van der Waals surface area contributed by atoms with E-state index in [1.54, 1.807) is 6.92 Å². The summed E-state index contributed by atoms with van der Waals surface area (Å²) in [5.41, 5.74) is 0. The third kappa shape index (κ3) is 4.22. The van der Waals surface area contributed by atoms with E-state index in [0.29, 0.717) is 38.7 Å². The normalized spacial score (nSPS) is 26.3. The van der Waals surface area contributed by atoms with E-state index < -0.39 is 0 Å². The molecule has 3 rings (SSSR count). The maximum absolute atomic E-state index is 12.9. The quantitative estimate of drug-likeness (QED) is 0.750. The predicted octanol–water partition coefficient (Wildman–Crippen LogP) is 2.10. The van der Waals surface area contributed by atoms with Gasteiger partial charge in [-0.05, 0) is 31.6 Å². The lowest BCUT2D eigenvalue weighted by Gasteiger charge is -2.41. The van der Waals surface area contributed by atoms with Crippen molar-refractivity contribution in [3.63, 3.8) is 0 Å². The predicted molar refractivity (Wildman–Crippen MR) is 101 cm³/mol. The van der Waals surface area contributed by atoms with E-state index in [-0.39, 0.29) is 35.9 Å². The first kappa shape index (κ1) is 20.0. The lowest BCUT2D eigenvalue weighted by molar-refractivity contribution is -0.141. The van der Waals surface area contributed by atoms with Gasteiger partial charge in [-0.2, -0.15) is 0 Å². The topological polar surface area (TPSA) is 70.2 Å². The molecule has 7 nitrogen and oxygen atoms in total. The molecule has 0 radical (unpaired) electrons. The molecule has 3 aliphatic heterocycles. The molecule has 0 spiro atoms. The lowest BCUT2D eigenvalue weighted by Crippen LogP contribution is -2.52. The SMILES string of the molecule is CC[C@H](C)[C@@H]1COC(=O)N1C1CCN(C(=O)C2CCN(C(C)=O)CC2)CC1. The maximum atomic E-state index is 12.9. The van der Waals surface area contributed by atoms with Crippen molar-refractivity contribution in [3.05, 3.63) is 0 Å². The molecular weight excluding hydrogens is 346 g/mol. The Kier molecular flexibility index (Phi) is 6.27. The van der Waals surface area contributed by atoms with Crippen molar-refractivity contribution < 1.29 is 19.1 Å². The largest absolute Gasteiger partial charge is 0.447 e. The summed E-state index contributed by atoms with van der Waals surface area (Å²) in [6.07, 6.45) is 3.98. The Morgan fingerprint density at radius 1 is 1.07 bits per heavy atom. The van der Waals surface area contributed by atoms with E-state index in [1.165, 1.54) is 0 Å². The highest BCUT2D eigenvalue weighted by atomic mass is 16.6. The Morgan fingerprint density at radius 2 is 1.67 bits per heavy atom. The molecule has 0 aromatic heterocycles. The van der Waals surface area contributed by atoms with Gasteiger partial charge < -0.3 is 14.5 Å². The van der Waals surface area contributed by atoms with Gasteiger partial charge in [-0.3, -0.25) is 14.5 Å². The average molecular weight is 380 g/mol. The van der Waals surface area contributed by atoms with Crippen LogP contribution in [0.5, 0.6) is 0 Å². The van der Waals surface area contributed by atoms with E-state index in [9.17, 15) is 14.4 Å². The Labute approximate surface area is 162 Å². The summed E-state index contributed by atoms with van der Waals surface area (Å²) in [5, 5.41) is 0. The molecule has 3 fully saturated rings.